The Kier molecular flexibility index (Phi) is 4.00. The van der Waals surface area contributed by atoms with Crippen LogP contribution in [0, 0.1) is 0 Å². The van der Waals surface area contributed by atoms with Crippen molar-refractivity contribution >= 4 is 15.9 Å². The van der Waals surface area contributed by atoms with Crippen LogP contribution < -0.4 is 10.0 Å². The minimum atomic E-state index is -3.48. The molecule has 1 fully saturated rings. The molecule has 1 aromatic heterocycles. The van der Waals surface area contributed by atoms with E-state index < -0.39 is 10.0 Å². The number of nitrogens with one attached hydrogen (secondary N) is 2. The molecule has 1 aromatic carbocycles. The van der Waals surface area contributed by atoms with Gasteiger partial charge >= 0.3 is 0 Å². The highest BCUT2D eigenvalue weighted by Crippen LogP contribution is 2.22. The Morgan fingerprint density at radius 1 is 1.18 bits per heavy atom. The van der Waals surface area contributed by atoms with Crippen LogP contribution in [0.4, 0.5) is 0 Å². The Hall–Kier alpha value is -2.12. The molecule has 0 atom stereocenters. The van der Waals surface area contributed by atoms with Crippen molar-refractivity contribution in [2.24, 2.45) is 0 Å². The van der Waals surface area contributed by atoms with E-state index in [-0.39, 0.29) is 16.8 Å². The van der Waals surface area contributed by atoms with Gasteiger partial charge in [-0.3, -0.25) is 4.79 Å². The Morgan fingerprint density at radius 3 is 2.50 bits per heavy atom. The van der Waals surface area contributed by atoms with E-state index in [0.29, 0.717) is 12.1 Å². The average Bonchev–Trinajstić information content (AvgIpc) is 3.15. The van der Waals surface area contributed by atoms with E-state index in [2.05, 4.69) is 10.0 Å². The summed E-state index contributed by atoms with van der Waals surface area (Å²) in [7, 11) is -3.48. The van der Waals surface area contributed by atoms with Gasteiger partial charge in [0.25, 0.3) is 5.91 Å². The zero-order valence-corrected chi connectivity index (χ0v) is 12.6. The van der Waals surface area contributed by atoms with Crippen molar-refractivity contribution in [1.82, 2.24) is 10.0 Å². The summed E-state index contributed by atoms with van der Waals surface area (Å²) in [6, 6.07) is 7.72. The molecule has 1 amide bonds. The average molecular weight is 320 g/mol. The van der Waals surface area contributed by atoms with Crippen LogP contribution in [0.5, 0.6) is 0 Å². The van der Waals surface area contributed by atoms with Gasteiger partial charge in [0.15, 0.2) is 0 Å². The highest BCUT2D eigenvalue weighted by atomic mass is 32.2. The van der Waals surface area contributed by atoms with E-state index in [0.717, 1.165) is 18.4 Å². The van der Waals surface area contributed by atoms with Crippen molar-refractivity contribution in [3.63, 3.8) is 0 Å². The monoisotopic (exact) mass is 320 g/mol. The van der Waals surface area contributed by atoms with Gasteiger partial charge in [0, 0.05) is 23.7 Å². The number of benzene rings is 1. The summed E-state index contributed by atoms with van der Waals surface area (Å²) in [5.74, 6) is -0.264. The quantitative estimate of drug-likeness (QED) is 0.847. The maximum Gasteiger partial charge on any atom is 0.251 e. The van der Waals surface area contributed by atoms with Crippen molar-refractivity contribution < 1.29 is 17.6 Å². The maximum atomic E-state index is 12.0. The number of hydrogen-bond donors (Lipinski definition) is 2. The number of hydrogen-bond acceptors (Lipinski definition) is 4. The molecular formula is C15H16N2O4S. The van der Waals surface area contributed by atoms with Crippen molar-refractivity contribution in [2.45, 2.75) is 30.3 Å². The largest absolute Gasteiger partial charge is 0.472 e. The molecule has 7 heteroatoms. The first-order valence-electron chi connectivity index (χ1n) is 6.96. The molecule has 1 aliphatic carbocycles. The highest BCUT2D eigenvalue weighted by molar-refractivity contribution is 7.89. The summed E-state index contributed by atoms with van der Waals surface area (Å²) >= 11 is 0. The zero-order chi connectivity index (χ0) is 15.6. The van der Waals surface area contributed by atoms with Crippen LogP contribution in [0.15, 0.2) is 52.2 Å². The summed E-state index contributed by atoms with van der Waals surface area (Å²) in [5.41, 5.74) is 1.27. The lowest BCUT2D eigenvalue weighted by Crippen LogP contribution is -2.26. The minimum Gasteiger partial charge on any atom is -0.472 e. The van der Waals surface area contributed by atoms with Crippen LogP contribution in [0.3, 0.4) is 0 Å². The van der Waals surface area contributed by atoms with E-state index >= 15 is 0 Å². The molecule has 1 aliphatic rings. The van der Waals surface area contributed by atoms with Gasteiger partial charge < -0.3 is 9.73 Å². The molecule has 0 bridgehead atoms. The van der Waals surface area contributed by atoms with Crippen LogP contribution in [-0.4, -0.2) is 20.4 Å². The van der Waals surface area contributed by atoms with Crippen LogP contribution in [-0.2, 0) is 16.6 Å². The second kappa shape index (κ2) is 5.94. The molecule has 6 nitrogen and oxygen atoms in total. The van der Waals surface area contributed by atoms with Crippen molar-refractivity contribution in [2.75, 3.05) is 0 Å². The first-order valence-corrected chi connectivity index (χ1v) is 8.44. The summed E-state index contributed by atoms with van der Waals surface area (Å²) in [4.78, 5) is 12.2. The van der Waals surface area contributed by atoms with Crippen molar-refractivity contribution in [1.29, 1.82) is 0 Å². The van der Waals surface area contributed by atoms with Crippen molar-refractivity contribution in [3.05, 3.63) is 54.0 Å². The first-order chi connectivity index (χ1) is 10.5. The number of rotatable bonds is 6. The Labute approximate surface area is 128 Å². The lowest BCUT2D eigenvalue weighted by atomic mass is 10.2. The third-order valence-electron chi connectivity index (χ3n) is 3.36. The van der Waals surface area contributed by atoms with Gasteiger partial charge in [0.05, 0.1) is 17.4 Å². The molecule has 1 heterocycles. The second-order valence-electron chi connectivity index (χ2n) is 5.23. The molecule has 0 spiro atoms. The van der Waals surface area contributed by atoms with Gasteiger partial charge in [-0.1, -0.05) is 0 Å². The fourth-order valence-electron chi connectivity index (χ4n) is 1.95. The SMILES string of the molecule is O=C(NCc1ccoc1)c1ccc(S(=O)(=O)NC2CC2)cc1. The van der Waals surface area contributed by atoms with E-state index in [9.17, 15) is 13.2 Å². The molecule has 0 unspecified atom stereocenters. The molecule has 2 aromatic rings. The molecule has 0 radical (unpaired) electrons. The second-order valence-corrected chi connectivity index (χ2v) is 6.95. The standard InChI is InChI=1S/C15H16N2O4S/c18-15(16-9-11-7-8-21-10-11)12-1-5-14(6-2-12)22(19,20)17-13-3-4-13/h1-2,5-8,10,13,17H,3-4,9H2,(H,16,18). The Morgan fingerprint density at radius 2 is 1.91 bits per heavy atom. The number of amides is 1. The topological polar surface area (TPSA) is 88.4 Å². The molecule has 0 aliphatic heterocycles. The molecule has 116 valence electrons. The first kappa shape index (κ1) is 14.8. The van der Waals surface area contributed by atoms with Crippen LogP contribution in [0.25, 0.3) is 0 Å². The van der Waals surface area contributed by atoms with Gasteiger partial charge in [-0.25, -0.2) is 13.1 Å². The molecular weight excluding hydrogens is 304 g/mol. The number of carbonyl (C=O) groups is 1. The van der Waals surface area contributed by atoms with Gasteiger partial charge in [0.1, 0.15) is 0 Å². The minimum absolute atomic E-state index is 0.0583. The molecule has 3 rings (SSSR count). The van der Waals surface area contributed by atoms with Gasteiger partial charge in [-0.05, 0) is 43.2 Å². The lowest BCUT2D eigenvalue weighted by molar-refractivity contribution is 0.0951. The Balaban J connectivity index is 1.64. The predicted molar refractivity (Wildman–Crippen MR) is 79.7 cm³/mol. The van der Waals surface area contributed by atoms with Crippen LogP contribution in [0.2, 0.25) is 0 Å². The molecule has 0 saturated heterocycles. The summed E-state index contributed by atoms with van der Waals surface area (Å²) in [6.07, 6.45) is 4.86. The van der Waals surface area contributed by atoms with Crippen molar-refractivity contribution in [3.8, 4) is 0 Å². The van der Waals surface area contributed by atoms with E-state index in [1.54, 1.807) is 12.3 Å². The summed E-state index contributed by atoms with van der Waals surface area (Å²) in [5, 5.41) is 2.74. The van der Waals surface area contributed by atoms with Crippen LogP contribution in [0.1, 0.15) is 28.8 Å². The van der Waals surface area contributed by atoms with Gasteiger partial charge in [0.2, 0.25) is 10.0 Å². The van der Waals surface area contributed by atoms with E-state index in [1.807, 2.05) is 0 Å². The summed E-state index contributed by atoms with van der Waals surface area (Å²) < 4.78 is 31.6. The predicted octanol–water partition coefficient (Wildman–Crippen LogP) is 1.65. The molecule has 2 N–H and O–H groups in total. The smallest absolute Gasteiger partial charge is 0.251 e. The number of sulfonamides is 1. The zero-order valence-electron chi connectivity index (χ0n) is 11.8. The van der Waals surface area contributed by atoms with E-state index in [4.69, 9.17) is 4.42 Å². The Bertz CT molecular complexity index is 747. The fourth-order valence-corrected chi connectivity index (χ4v) is 3.26. The fraction of sp³-hybridized carbons (Fsp3) is 0.267. The van der Waals surface area contributed by atoms with Crippen LogP contribution >= 0.6 is 0 Å². The van der Waals surface area contributed by atoms with Gasteiger partial charge in [-0.15, -0.1) is 0 Å². The number of carbonyl (C=O) groups excluding carboxylic acids is 1. The third-order valence-corrected chi connectivity index (χ3v) is 4.90. The summed E-state index contributed by atoms with van der Waals surface area (Å²) in [6.45, 7) is 0.360. The third kappa shape index (κ3) is 3.55. The van der Waals surface area contributed by atoms with Gasteiger partial charge in [-0.2, -0.15) is 0 Å². The molecule has 1 saturated carbocycles. The lowest BCUT2D eigenvalue weighted by Gasteiger charge is -2.07. The molecule has 22 heavy (non-hydrogen) atoms. The normalized spacial score (nSPS) is 14.7. The highest BCUT2D eigenvalue weighted by Gasteiger charge is 2.27. The number of furan rings is 1. The maximum absolute atomic E-state index is 12.0. The van der Waals surface area contributed by atoms with E-state index in [1.165, 1.54) is 30.5 Å².